The summed E-state index contributed by atoms with van der Waals surface area (Å²) in [6.45, 7) is 1.54. The van der Waals surface area contributed by atoms with E-state index < -0.39 is 10.0 Å². The van der Waals surface area contributed by atoms with Crippen molar-refractivity contribution in [1.29, 1.82) is 0 Å². The predicted octanol–water partition coefficient (Wildman–Crippen LogP) is 1.18. The first-order valence-electron chi connectivity index (χ1n) is 5.98. The zero-order valence-electron chi connectivity index (χ0n) is 11.2. The van der Waals surface area contributed by atoms with Crippen LogP contribution in [0, 0.1) is 0 Å². The van der Waals surface area contributed by atoms with E-state index in [1.165, 1.54) is 0 Å². The molecule has 8 heteroatoms. The third-order valence-electron chi connectivity index (χ3n) is 2.64. The number of nitrogens with zero attached hydrogens (tertiary/aromatic N) is 2. The first-order valence-corrected chi connectivity index (χ1v) is 7.63. The fourth-order valence-electron chi connectivity index (χ4n) is 1.46. The first-order chi connectivity index (χ1) is 9.54. The first kappa shape index (κ1) is 14.5. The van der Waals surface area contributed by atoms with E-state index in [-0.39, 0.29) is 18.2 Å². The Morgan fingerprint density at radius 1 is 1.30 bits per heavy atom. The maximum atomic E-state index is 11.3. The van der Waals surface area contributed by atoms with Crippen LogP contribution >= 0.6 is 0 Å². The topological polar surface area (TPSA) is 94.3 Å². The molecule has 0 radical (unpaired) electrons. The van der Waals surface area contributed by atoms with Crippen LogP contribution in [0.4, 0.5) is 0 Å². The van der Waals surface area contributed by atoms with Crippen molar-refractivity contribution < 1.29 is 17.7 Å². The van der Waals surface area contributed by atoms with Gasteiger partial charge in [-0.25, -0.2) is 13.1 Å². The van der Waals surface area contributed by atoms with E-state index in [0.717, 1.165) is 11.3 Å². The number of rotatable bonds is 6. The minimum atomic E-state index is -3.28. The van der Waals surface area contributed by atoms with Gasteiger partial charge in [0.2, 0.25) is 21.7 Å². The zero-order chi connectivity index (χ0) is 14.6. The maximum absolute atomic E-state index is 11.3. The SMILES string of the molecule is CCS(=O)(=O)NCc1nc(-c2ccc(OC)cc2)no1. The molecule has 0 bridgehead atoms. The van der Waals surface area contributed by atoms with Crippen LogP contribution in [-0.2, 0) is 16.6 Å². The molecule has 0 atom stereocenters. The van der Waals surface area contributed by atoms with E-state index in [4.69, 9.17) is 9.26 Å². The lowest BCUT2D eigenvalue weighted by Gasteiger charge is -1.99. The maximum Gasteiger partial charge on any atom is 0.242 e. The van der Waals surface area contributed by atoms with Crippen LogP contribution in [0.15, 0.2) is 28.8 Å². The van der Waals surface area contributed by atoms with Gasteiger partial charge >= 0.3 is 0 Å². The highest BCUT2D eigenvalue weighted by Crippen LogP contribution is 2.19. The average molecular weight is 297 g/mol. The quantitative estimate of drug-likeness (QED) is 0.860. The third kappa shape index (κ3) is 3.55. The van der Waals surface area contributed by atoms with Gasteiger partial charge in [-0.2, -0.15) is 4.98 Å². The molecule has 0 saturated carbocycles. The summed E-state index contributed by atoms with van der Waals surface area (Å²) < 4.78 is 35.0. The third-order valence-corrected chi connectivity index (χ3v) is 3.98. The molecule has 2 aromatic rings. The van der Waals surface area contributed by atoms with Gasteiger partial charge in [0.25, 0.3) is 0 Å². The molecule has 0 spiro atoms. The molecule has 1 aromatic carbocycles. The number of aromatic nitrogens is 2. The molecule has 7 nitrogen and oxygen atoms in total. The largest absolute Gasteiger partial charge is 0.497 e. The summed E-state index contributed by atoms with van der Waals surface area (Å²) in [5, 5.41) is 3.81. The lowest BCUT2D eigenvalue weighted by atomic mass is 10.2. The van der Waals surface area contributed by atoms with E-state index in [0.29, 0.717) is 5.82 Å². The Kier molecular flexibility index (Phi) is 4.35. The lowest BCUT2D eigenvalue weighted by molar-refractivity contribution is 0.376. The van der Waals surface area contributed by atoms with Crippen molar-refractivity contribution in [3.05, 3.63) is 30.2 Å². The van der Waals surface area contributed by atoms with Gasteiger partial charge in [0.15, 0.2) is 0 Å². The summed E-state index contributed by atoms with van der Waals surface area (Å²) >= 11 is 0. The van der Waals surface area contributed by atoms with Gasteiger partial charge in [0.05, 0.1) is 19.4 Å². The lowest BCUT2D eigenvalue weighted by Crippen LogP contribution is -2.24. The molecule has 1 aromatic heterocycles. The van der Waals surface area contributed by atoms with E-state index in [9.17, 15) is 8.42 Å². The molecule has 0 unspecified atom stereocenters. The van der Waals surface area contributed by atoms with E-state index in [2.05, 4.69) is 14.9 Å². The van der Waals surface area contributed by atoms with Gasteiger partial charge in [-0.05, 0) is 31.2 Å². The minimum absolute atomic E-state index is 0.00642. The summed E-state index contributed by atoms with van der Waals surface area (Å²) in [5.74, 6) is 1.35. The molecule has 0 amide bonds. The van der Waals surface area contributed by atoms with Crippen molar-refractivity contribution >= 4 is 10.0 Å². The van der Waals surface area contributed by atoms with Gasteiger partial charge < -0.3 is 9.26 Å². The molecule has 0 aliphatic heterocycles. The van der Waals surface area contributed by atoms with Crippen molar-refractivity contribution in [2.24, 2.45) is 0 Å². The second-order valence-electron chi connectivity index (χ2n) is 3.96. The summed E-state index contributed by atoms with van der Waals surface area (Å²) in [4.78, 5) is 4.13. The molecular weight excluding hydrogens is 282 g/mol. The Morgan fingerprint density at radius 2 is 2.00 bits per heavy atom. The van der Waals surface area contributed by atoms with Crippen LogP contribution in [0.25, 0.3) is 11.4 Å². The number of ether oxygens (including phenoxy) is 1. The number of hydrogen-bond donors (Lipinski definition) is 1. The van der Waals surface area contributed by atoms with Crippen molar-refractivity contribution in [3.8, 4) is 17.1 Å². The zero-order valence-corrected chi connectivity index (χ0v) is 12.0. The van der Waals surface area contributed by atoms with Crippen LogP contribution < -0.4 is 9.46 Å². The molecule has 1 N–H and O–H groups in total. The fourth-order valence-corrected chi connectivity index (χ4v) is 2.01. The van der Waals surface area contributed by atoms with Crippen molar-refractivity contribution in [2.75, 3.05) is 12.9 Å². The Bertz CT molecular complexity index is 664. The van der Waals surface area contributed by atoms with E-state index in [1.54, 1.807) is 38.3 Å². The van der Waals surface area contributed by atoms with E-state index >= 15 is 0 Å². The van der Waals surface area contributed by atoms with Crippen LogP contribution in [0.1, 0.15) is 12.8 Å². The highest BCUT2D eigenvalue weighted by atomic mass is 32.2. The molecular formula is C12H15N3O4S. The second-order valence-corrected chi connectivity index (χ2v) is 6.06. The Balaban J connectivity index is 2.08. The number of nitrogens with one attached hydrogen (secondary N) is 1. The summed E-state index contributed by atoms with van der Waals surface area (Å²) in [5.41, 5.74) is 0.763. The molecule has 0 saturated heterocycles. The smallest absolute Gasteiger partial charge is 0.242 e. The number of sulfonamides is 1. The Labute approximate surface area is 117 Å². The summed E-state index contributed by atoms with van der Waals surface area (Å²) in [6.07, 6.45) is 0. The van der Waals surface area contributed by atoms with Crippen molar-refractivity contribution in [2.45, 2.75) is 13.5 Å². The van der Waals surface area contributed by atoms with Gasteiger partial charge in [-0.3, -0.25) is 0 Å². The average Bonchev–Trinajstić information content (AvgIpc) is 2.94. The number of benzene rings is 1. The van der Waals surface area contributed by atoms with Crippen molar-refractivity contribution in [1.82, 2.24) is 14.9 Å². The Hall–Kier alpha value is -1.93. The van der Waals surface area contributed by atoms with Gasteiger partial charge in [-0.15, -0.1) is 0 Å². The standard InChI is InChI=1S/C12H15N3O4S/c1-3-20(16,17)13-8-11-14-12(15-19-11)9-4-6-10(18-2)7-5-9/h4-7,13H,3,8H2,1-2H3. The predicted molar refractivity (Wildman–Crippen MR) is 72.6 cm³/mol. The fraction of sp³-hybridized carbons (Fsp3) is 0.333. The van der Waals surface area contributed by atoms with Crippen molar-refractivity contribution in [3.63, 3.8) is 0 Å². The van der Waals surface area contributed by atoms with Crippen LogP contribution in [0.2, 0.25) is 0 Å². The highest BCUT2D eigenvalue weighted by molar-refractivity contribution is 7.89. The minimum Gasteiger partial charge on any atom is -0.497 e. The van der Waals surface area contributed by atoms with E-state index in [1.807, 2.05) is 0 Å². The highest BCUT2D eigenvalue weighted by Gasteiger charge is 2.12. The second kappa shape index (κ2) is 6.02. The molecule has 1 heterocycles. The molecule has 0 aliphatic rings. The van der Waals surface area contributed by atoms with Gasteiger partial charge in [-0.1, -0.05) is 5.16 Å². The van der Waals surface area contributed by atoms with Gasteiger partial charge in [0, 0.05) is 5.56 Å². The molecule has 0 fully saturated rings. The van der Waals surface area contributed by atoms with Crippen LogP contribution in [-0.4, -0.2) is 31.4 Å². The van der Waals surface area contributed by atoms with Crippen LogP contribution in [0.5, 0.6) is 5.75 Å². The molecule has 108 valence electrons. The molecule has 2 rings (SSSR count). The summed E-state index contributed by atoms with van der Waals surface area (Å²) in [6, 6.07) is 7.16. The molecule has 20 heavy (non-hydrogen) atoms. The monoisotopic (exact) mass is 297 g/mol. The summed E-state index contributed by atoms with van der Waals surface area (Å²) in [7, 11) is -1.69. The number of hydrogen-bond acceptors (Lipinski definition) is 6. The number of methoxy groups -OCH3 is 1. The normalized spacial score (nSPS) is 11.5. The van der Waals surface area contributed by atoms with Gasteiger partial charge in [0.1, 0.15) is 5.75 Å². The Morgan fingerprint density at radius 3 is 2.60 bits per heavy atom. The molecule has 0 aliphatic carbocycles. The van der Waals surface area contributed by atoms with Crippen LogP contribution in [0.3, 0.4) is 0 Å².